The van der Waals surface area contributed by atoms with Crippen molar-refractivity contribution in [3.8, 4) is 23.2 Å². The van der Waals surface area contributed by atoms with Crippen LogP contribution in [0, 0.1) is 11.8 Å². The molecule has 0 unspecified atom stereocenters. The van der Waals surface area contributed by atoms with E-state index in [9.17, 15) is 4.79 Å². The fourth-order valence-electron chi connectivity index (χ4n) is 2.05. The van der Waals surface area contributed by atoms with Gasteiger partial charge in [0.2, 0.25) is 0 Å². The molecule has 3 nitrogen and oxygen atoms in total. The number of nitrogens with zero attached hydrogens (tertiary/aromatic N) is 2. The lowest BCUT2D eigenvalue weighted by Gasteiger charge is -1.99. The molecule has 3 aromatic rings. The van der Waals surface area contributed by atoms with E-state index in [2.05, 4.69) is 21.8 Å². The number of pyridine rings is 2. The lowest BCUT2D eigenvalue weighted by atomic mass is 10.2. The molecule has 0 saturated heterocycles. The van der Waals surface area contributed by atoms with Gasteiger partial charge >= 0.3 is 0 Å². The summed E-state index contributed by atoms with van der Waals surface area (Å²) in [5.41, 5.74) is 3.41. The molecular formula is C20H14N2OS. The lowest BCUT2D eigenvalue weighted by molar-refractivity contribution is -0.109. The van der Waals surface area contributed by atoms with Crippen molar-refractivity contribution in [2.75, 3.05) is 0 Å². The highest BCUT2D eigenvalue weighted by Gasteiger charge is 1.99. The molecule has 0 spiro atoms. The number of aromatic nitrogens is 2. The van der Waals surface area contributed by atoms with Gasteiger partial charge < -0.3 is 0 Å². The van der Waals surface area contributed by atoms with Crippen molar-refractivity contribution in [3.05, 3.63) is 78.1 Å². The van der Waals surface area contributed by atoms with Gasteiger partial charge in [0, 0.05) is 35.3 Å². The Hall–Kier alpha value is -2.90. The summed E-state index contributed by atoms with van der Waals surface area (Å²) < 4.78 is 0. The Bertz CT molecular complexity index is 892. The van der Waals surface area contributed by atoms with Crippen LogP contribution in [0.1, 0.15) is 18.1 Å². The fourth-order valence-corrected chi connectivity index (χ4v) is 2.65. The average molecular weight is 330 g/mol. The summed E-state index contributed by atoms with van der Waals surface area (Å²) >= 11 is 1.22. The van der Waals surface area contributed by atoms with Crippen molar-refractivity contribution < 1.29 is 4.79 Å². The van der Waals surface area contributed by atoms with E-state index >= 15 is 0 Å². The van der Waals surface area contributed by atoms with Crippen LogP contribution in [-0.4, -0.2) is 15.1 Å². The molecule has 1 aromatic carbocycles. The van der Waals surface area contributed by atoms with Crippen LogP contribution < -0.4 is 0 Å². The Kier molecular flexibility index (Phi) is 5.05. The lowest BCUT2D eigenvalue weighted by Crippen LogP contribution is -1.87. The van der Waals surface area contributed by atoms with Crippen LogP contribution >= 0.6 is 11.8 Å². The SMILES string of the molecule is CC(=O)Sc1ccc(C#Cc2ccc(-c3ccccn3)nc2)cc1. The number of carbonyl (C=O) groups excluding carboxylic acids is 1. The topological polar surface area (TPSA) is 42.9 Å². The van der Waals surface area contributed by atoms with Crippen molar-refractivity contribution in [2.24, 2.45) is 0 Å². The largest absolute Gasteiger partial charge is 0.287 e. The van der Waals surface area contributed by atoms with Crippen molar-refractivity contribution in [2.45, 2.75) is 11.8 Å². The maximum atomic E-state index is 11.1. The Morgan fingerprint density at radius 2 is 1.58 bits per heavy atom. The molecule has 2 aromatic heterocycles. The number of rotatable bonds is 2. The number of thioether (sulfide) groups is 1. The van der Waals surface area contributed by atoms with E-state index in [1.165, 1.54) is 11.8 Å². The molecule has 0 radical (unpaired) electrons. The normalized spacial score (nSPS) is 9.88. The Labute approximate surface area is 145 Å². The highest BCUT2D eigenvalue weighted by molar-refractivity contribution is 8.13. The molecular weight excluding hydrogens is 316 g/mol. The van der Waals surface area contributed by atoms with Crippen LogP contribution in [0.5, 0.6) is 0 Å². The summed E-state index contributed by atoms with van der Waals surface area (Å²) in [5, 5.41) is 0.0768. The zero-order valence-corrected chi connectivity index (χ0v) is 13.9. The quantitative estimate of drug-likeness (QED) is 0.522. The van der Waals surface area contributed by atoms with Gasteiger partial charge in [-0.3, -0.25) is 14.8 Å². The summed E-state index contributed by atoms with van der Waals surface area (Å²) in [7, 11) is 0. The predicted octanol–water partition coefficient (Wildman–Crippen LogP) is 4.18. The van der Waals surface area contributed by atoms with E-state index in [0.29, 0.717) is 0 Å². The van der Waals surface area contributed by atoms with E-state index in [1.807, 2.05) is 54.6 Å². The third kappa shape index (κ3) is 4.31. The maximum Gasteiger partial charge on any atom is 0.190 e. The van der Waals surface area contributed by atoms with Crippen LogP contribution in [-0.2, 0) is 4.79 Å². The van der Waals surface area contributed by atoms with Gasteiger partial charge in [-0.1, -0.05) is 29.7 Å². The van der Waals surface area contributed by atoms with Crippen LogP contribution in [0.15, 0.2) is 71.9 Å². The maximum absolute atomic E-state index is 11.1. The minimum absolute atomic E-state index is 0.0768. The molecule has 0 aliphatic rings. The van der Waals surface area contributed by atoms with Gasteiger partial charge in [-0.25, -0.2) is 0 Å². The monoisotopic (exact) mass is 330 g/mol. The Morgan fingerprint density at radius 3 is 2.21 bits per heavy atom. The smallest absolute Gasteiger partial charge is 0.190 e. The second kappa shape index (κ2) is 7.58. The second-order valence-corrected chi connectivity index (χ2v) is 6.27. The summed E-state index contributed by atoms with van der Waals surface area (Å²) in [5.74, 6) is 6.19. The molecule has 0 saturated carbocycles. The minimum atomic E-state index is 0.0768. The standard InChI is InChI=1S/C20H14N2OS/c1-15(23)24-18-10-7-16(8-11-18)5-6-17-9-12-20(22-14-17)19-4-2-3-13-21-19/h2-4,7-14H,1H3. The van der Waals surface area contributed by atoms with Crippen molar-refractivity contribution in [3.63, 3.8) is 0 Å². The van der Waals surface area contributed by atoms with Gasteiger partial charge in [0.15, 0.2) is 5.12 Å². The number of carbonyl (C=O) groups is 1. The van der Waals surface area contributed by atoms with E-state index < -0.39 is 0 Å². The first-order valence-corrected chi connectivity index (χ1v) is 8.20. The average Bonchev–Trinajstić information content (AvgIpc) is 2.62. The summed E-state index contributed by atoms with van der Waals surface area (Å²) in [6, 6.07) is 17.2. The Balaban J connectivity index is 1.73. The summed E-state index contributed by atoms with van der Waals surface area (Å²) in [6.07, 6.45) is 3.50. The predicted molar refractivity (Wildman–Crippen MR) is 96.4 cm³/mol. The Morgan fingerprint density at radius 1 is 0.875 bits per heavy atom. The fraction of sp³-hybridized carbons (Fsp3) is 0.0500. The van der Waals surface area contributed by atoms with Crippen molar-refractivity contribution in [1.82, 2.24) is 9.97 Å². The zero-order chi connectivity index (χ0) is 16.8. The summed E-state index contributed by atoms with van der Waals surface area (Å²) in [6.45, 7) is 1.56. The first-order valence-electron chi connectivity index (χ1n) is 7.39. The van der Waals surface area contributed by atoms with Crippen molar-refractivity contribution in [1.29, 1.82) is 0 Å². The molecule has 0 bridgehead atoms. The molecule has 116 valence electrons. The zero-order valence-electron chi connectivity index (χ0n) is 13.1. The highest BCUT2D eigenvalue weighted by atomic mass is 32.2. The molecule has 0 amide bonds. The molecule has 24 heavy (non-hydrogen) atoms. The third-order valence-electron chi connectivity index (χ3n) is 3.16. The van der Waals surface area contributed by atoms with E-state index in [-0.39, 0.29) is 5.12 Å². The van der Waals surface area contributed by atoms with Gasteiger partial charge in [-0.2, -0.15) is 0 Å². The van der Waals surface area contributed by atoms with Crippen LogP contribution in [0.25, 0.3) is 11.4 Å². The molecule has 0 aliphatic heterocycles. The second-order valence-electron chi connectivity index (χ2n) is 5.02. The third-order valence-corrected chi connectivity index (χ3v) is 3.95. The first kappa shape index (κ1) is 16.0. The minimum Gasteiger partial charge on any atom is -0.287 e. The molecule has 4 heteroatoms. The summed E-state index contributed by atoms with van der Waals surface area (Å²) in [4.78, 5) is 20.7. The first-order chi connectivity index (χ1) is 11.7. The van der Waals surface area contributed by atoms with Gasteiger partial charge in [-0.05, 0) is 48.5 Å². The number of hydrogen-bond acceptors (Lipinski definition) is 4. The van der Waals surface area contributed by atoms with Crippen LogP contribution in [0.2, 0.25) is 0 Å². The molecule has 0 fully saturated rings. The van der Waals surface area contributed by atoms with E-state index in [1.54, 1.807) is 19.3 Å². The molecule has 0 N–H and O–H groups in total. The number of benzene rings is 1. The number of hydrogen-bond donors (Lipinski definition) is 0. The highest BCUT2D eigenvalue weighted by Crippen LogP contribution is 2.18. The van der Waals surface area contributed by atoms with Gasteiger partial charge in [0.25, 0.3) is 0 Å². The van der Waals surface area contributed by atoms with E-state index in [0.717, 1.165) is 27.4 Å². The van der Waals surface area contributed by atoms with Gasteiger partial charge in [-0.15, -0.1) is 0 Å². The molecule has 2 heterocycles. The van der Waals surface area contributed by atoms with Crippen LogP contribution in [0.4, 0.5) is 0 Å². The molecule has 3 rings (SSSR count). The van der Waals surface area contributed by atoms with E-state index in [4.69, 9.17) is 0 Å². The van der Waals surface area contributed by atoms with Gasteiger partial charge in [0.1, 0.15) is 0 Å². The van der Waals surface area contributed by atoms with Crippen molar-refractivity contribution >= 4 is 16.9 Å². The van der Waals surface area contributed by atoms with Gasteiger partial charge in [0.05, 0.1) is 11.4 Å². The van der Waals surface area contributed by atoms with Crippen LogP contribution in [0.3, 0.4) is 0 Å². The molecule has 0 atom stereocenters. The molecule has 0 aliphatic carbocycles.